The second-order valence-corrected chi connectivity index (χ2v) is 5.71. The van der Waals surface area contributed by atoms with Gasteiger partial charge in [0.1, 0.15) is 17.4 Å². The van der Waals surface area contributed by atoms with E-state index in [0.717, 1.165) is 5.56 Å². The molecule has 0 aliphatic carbocycles. The van der Waals surface area contributed by atoms with Crippen LogP contribution < -0.4 is 5.32 Å². The molecule has 22 heavy (non-hydrogen) atoms. The van der Waals surface area contributed by atoms with Crippen LogP contribution in [-0.2, 0) is 11.3 Å². The number of phenolic OH excluding ortho intramolecular Hbond substituents is 1. The first-order chi connectivity index (χ1) is 10.6. The monoisotopic (exact) mass is 404 g/mol. The van der Waals surface area contributed by atoms with Crippen molar-refractivity contribution in [2.45, 2.75) is 6.54 Å². The van der Waals surface area contributed by atoms with Gasteiger partial charge in [-0.15, -0.1) is 0 Å². The van der Waals surface area contributed by atoms with Crippen molar-refractivity contribution in [2.75, 3.05) is 0 Å². The highest BCUT2D eigenvalue weighted by Crippen LogP contribution is 2.21. The lowest BCUT2D eigenvalue weighted by Crippen LogP contribution is -2.23. The maximum Gasteiger partial charge on any atom is 0.262 e. The molecule has 0 aliphatic heterocycles. The van der Waals surface area contributed by atoms with E-state index in [2.05, 4.69) is 5.32 Å². The Balaban J connectivity index is 2.10. The van der Waals surface area contributed by atoms with Crippen molar-refractivity contribution in [2.24, 2.45) is 0 Å². The Morgan fingerprint density at radius 3 is 2.64 bits per heavy atom. The quantitative estimate of drug-likeness (QED) is 0.467. The molecule has 0 bridgehead atoms. The molecule has 0 saturated carbocycles. The third-order valence-corrected chi connectivity index (χ3v) is 3.81. The molecule has 110 valence electrons. The van der Waals surface area contributed by atoms with Crippen molar-refractivity contribution < 1.29 is 9.90 Å². The maximum absolute atomic E-state index is 12.1. The highest BCUT2D eigenvalue weighted by molar-refractivity contribution is 14.1. The molecule has 2 aromatic carbocycles. The van der Waals surface area contributed by atoms with Gasteiger partial charge in [-0.25, -0.2) is 0 Å². The van der Waals surface area contributed by atoms with Crippen LogP contribution in [-0.4, -0.2) is 11.0 Å². The molecular weight excluding hydrogens is 391 g/mol. The average Bonchev–Trinajstić information content (AvgIpc) is 2.54. The number of hydrogen-bond acceptors (Lipinski definition) is 3. The lowest BCUT2D eigenvalue weighted by Gasteiger charge is -2.05. The smallest absolute Gasteiger partial charge is 0.262 e. The number of nitrogens with zero attached hydrogens (tertiary/aromatic N) is 1. The highest BCUT2D eigenvalue weighted by Gasteiger charge is 2.09. The highest BCUT2D eigenvalue weighted by atomic mass is 127. The molecule has 0 spiro atoms. The summed E-state index contributed by atoms with van der Waals surface area (Å²) in [6, 6.07) is 16.3. The number of hydrogen-bond donors (Lipinski definition) is 2. The van der Waals surface area contributed by atoms with Crippen LogP contribution in [0.15, 0.2) is 54.1 Å². The van der Waals surface area contributed by atoms with Crippen LogP contribution >= 0.6 is 22.6 Å². The van der Waals surface area contributed by atoms with Gasteiger partial charge in [0.05, 0.1) is 3.57 Å². The second-order valence-electron chi connectivity index (χ2n) is 4.55. The molecule has 0 unspecified atom stereocenters. The zero-order valence-electron chi connectivity index (χ0n) is 11.6. The minimum atomic E-state index is -0.422. The topological polar surface area (TPSA) is 73.1 Å². The molecule has 5 heteroatoms. The van der Waals surface area contributed by atoms with Gasteiger partial charge >= 0.3 is 0 Å². The molecule has 0 aliphatic rings. The summed E-state index contributed by atoms with van der Waals surface area (Å²) in [5.41, 5.74) is 1.68. The molecule has 2 rings (SSSR count). The molecule has 1 amide bonds. The summed E-state index contributed by atoms with van der Waals surface area (Å²) in [4.78, 5) is 12.1. The number of aromatic hydroxyl groups is 1. The number of halogens is 1. The van der Waals surface area contributed by atoms with E-state index in [4.69, 9.17) is 5.26 Å². The van der Waals surface area contributed by atoms with Crippen molar-refractivity contribution in [1.82, 2.24) is 5.32 Å². The van der Waals surface area contributed by atoms with Crippen LogP contribution in [0.25, 0.3) is 6.08 Å². The fraction of sp³-hybridized carbons (Fsp3) is 0.0588. The Morgan fingerprint density at radius 2 is 2.00 bits per heavy atom. The number of carbonyl (C=O) groups excluding carboxylic acids is 1. The summed E-state index contributed by atoms with van der Waals surface area (Å²) in [5.74, 6) is -0.251. The Kier molecular flexibility index (Phi) is 5.55. The Labute approximate surface area is 142 Å². The largest absolute Gasteiger partial charge is 0.507 e. The minimum absolute atomic E-state index is 0.0254. The first-order valence-electron chi connectivity index (χ1n) is 6.52. The number of nitriles is 1. The van der Waals surface area contributed by atoms with Crippen molar-refractivity contribution in [3.05, 3.63) is 68.8 Å². The zero-order chi connectivity index (χ0) is 15.9. The van der Waals surface area contributed by atoms with E-state index in [-0.39, 0.29) is 11.3 Å². The molecular formula is C17H13IN2O2. The van der Waals surface area contributed by atoms with E-state index < -0.39 is 5.91 Å². The van der Waals surface area contributed by atoms with E-state index in [1.807, 2.05) is 59.0 Å². The third kappa shape index (κ3) is 4.33. The summed E-state index contributed by atoms with van der Waals surface area (Å²) >= 11 is 1.99. The number of amides is 1. The lowest BCUT2D eigenvalue weighted by atomic mass is 10.1. The van der Waals surface area contributed by atoms with Gasteiger partial charge in [0, 0.05) is 6.54 Å². The second kappa shape index (κ2) is 7.61. The number of carbonyl (C=O) groups is 1. The minimum Gasteiger partial charge on any atom is -0.507 e. The number of rotatable bonds is 4. The van der Waals surface area contributed by atoms with Crippen molar-refractivity contribution in [3.63, 3.8) is 0 Å². The Bertz CT molecular complexity index is 749. The predicted octanol–water partition coefficient (Wildman–Crippen LogP) is 3.22. The summed E-state index contributed by atoms with van der Waals surface area (Å²) in [6.45, 7) is 0.367. The maximum atomic E-state index is 12.1. The Hall–Kier alpha value is -2.33. The van der Waals surface area contributed by atoms with Gasteiger partial charge in [0.25, 0.3) is 5.91 Å². The van der Waals surface area contributed by atoms with Crippen LogP contribution in [0.5, 0.6) is 5.75 Å². The summed E-state index contributed by atoms with van der Waals surface area (Å²) in [7, 11) is 0. The SMILES string of the molecule is N#CC(=Cc1ccc(O)c(I)c1)C(=O)NCc1ccccc1. The molecule has 0 heterocycles. The van der Waals surface area contributed by atoms with Gasteiger partial charge in [0.15, 0.2) is 0 Å². The molecule has 0 aromatic heterocycles. The summed E-state index contributed by atoms with van der Waals surface area (Å²) in [6.07, 6.45) is 1.50. The van der Waals surface area contributed by atoms with Crippen molar-refractivity contribution in [3.8, 4) is 11.8 Å². The molecule has 0 radical (unpaired) electrons. The molecule has 2 N–H and O–H groups in total. The van der Waals surface area contributed by atoms with E-state index in [1.54, 1.807) is 12.1 Å². The fourth-order valence-electron chi connectivity index (χ4n) is 1.80. The number of nitrogens with one attached hydrogen (secondary N) is 1. The lowest BCUT2D eigenvalue weighted by molar-refractivity contribution is -0.117. The predicted molar refractivity (Wildman–Crippen MR) is 92.7 cm³/mol. The van der Waals surface area contributed by atoms with E-state index in [9.17, 15) is 9.90 Å². The summed E-state index contributed by atoms with van der Waals surface area (Å²) in [5, 5.41) is 21.3. The third-order valence-electron chi connectivity index (χ3n) is 2.94. The van der Waals surface area contributed by atoms with Crippen molar-refractivity contribution >= 4 is 34.6 Å². The molecule has 4 nitrogen and oxygen atoms in total. The van der Waals surface area contributed by atoms with Crippen LogP contribution in [0.1, 0.15) is 11.1 Å². The van der Waals surface area contributed by atoms with Crippen molar-refractivity contribution in [1.29, 1.82) is 5.26 Å². The van der Waals surface area contributed by atoms with E-state index >= 15 is 0 Å². The normalized spacial score (nSPS) is 10.8. The van der Waals surface area contributed by atoms with E-state index in [0.29, 0.717) is 15.7 Å². The zero-order valence-corrected chi connectivity index (χ0v) is 13.7. The fourth-order valence-corrected chi connectivity index (χ4v) is 2.34. The van der Waals surface area contributed by atoms with Crippen LogP contribution in [0, 0.1) is 14.9 Å². The van der Waals surface area contributed by atoms with Gasteiger partial charge < -0.3 is 10.4 Å². The number of phenols is 1. The van der Waals surface area contributed by atoms with Gasteiger partial charge in [-0.3, -0.25) is 4.79 Å². The molecule has 0 saturated heterocycles. The summed E-state index contributed by atoms with van der Waals surface area (Å²) < 4.78 is 0.660. The first kappa shape index (κ1) is 16.0. The standard InChI is InChI=1S/C17H13IN2O2/c18-15-9-13(6-7-16(15)21)8-14(10-19)17(22)20-11-12-4-2-1-3-5-12/h1-9,21H,11H2,(H,20,22). The molecule has 0 fully saturated rings. The van der Waals surface area contributed by atoms with Gasteiger partial charge in [-0.2, -0.15) is 5.26 Å². The van der Waals surface area contributed by atoms with Gasteiger partial charge in [-0.1, -0.05) is 36.4 Å². The average molecular weight is 404 g/mol. The van der Waals surface area contributed by atoms with Gasteiger partial charge in [0.2, 0.25) is 0 Å². The molecule has 0 atom stereocenters. The van der Waals surface area contributed by atoms with Gasteiger partial charge in [-0.05, 0) is 51.9 Å². The Morgan fingerprint density at radius 1 is 1.27 bits per heavy atom. The van der Waals surface area contributed by atoms with Crippen LogP contribution in [0.3, 0.4) is 0 Å². The first-order valence-corrected chi connectivity index (χ1v) is 7.60. The van der Waals surface area contributed by atoms with Crippen LogP contribution in [0.4, 0.5) is 0 Å². The molecule has 2 aromatic rings. The van der Waals surface area contributed by atoms with E-state index in [1.165, 1.54) is 12.1 Å². The number of benzene rings is 2. The van der Waals surface area contributed by atoms with Crippen LogP contribution in [0.2, 0.25) is 0 Å².